The molecule has 1 unspecified atom stereocenters. The van der Waals surface area contributed by atoms with Crippen molar-refractivity contribution in [2.24, 2.45) is 0 Å². The number of rotatable bonds is 2. The number of aromatic amines is 1. The van der Waals surface area contributed by atoms with E-state index in [0.717, 1.165) is 48.4 Å². The van der Waals surface area contributed by atoms with Gasteiger partial charge in [0.2, 0.25) is 0 Å². The number of nitrogens with zero attached hydrogens (tertiary/aromatic N) is 1. The van der Waals surface area contributed by atoms with E-state index < -0.39 is 6.10 Å². The van der Waals surface area contributed by atoms with Crippen LogP contribution in [0.4, 0.5) is 17.1 Å². The maximum absolute atomic E-state index is 10.2. The average Bonchev–Trinajstić information content (AvgIpc) is 3.26. The summed E-state index contributed by atoms with van der Waals surface area (Å²) >= 11 is 0. The molecule has 2 aromatic carbocycles. The molecule has 31 heavy (non-hydrogen) atoms. The molecule has 0 spiro atoms. The molecule has 1 aliphatic carbocycles. The van der Waals surface area contributed by atoms with Gasteiger partial charge >= 0.3 is 0 Å². The largest absolute Gasteiger partial charge is 0.387 e. The summed E-state index contributed by atoms with van der Waals surface area (Å²) in [5.74, 6) is 0. The first-order valence-electron chi connectivity index (χ1n) is 11.0. The van der Waals surface area contributed by atoms with Crippen LogP contribution in [0, 0.1) is 13.8 Å². The minimum atomic E-state index is -0.452. The molecule has 0 saturated heterocycles. The van der Waals surface area contributed by atoms with Crippen LogP contribution in [0.1, 0.15) is 40.5 Å². The number of hydrogen-bond acceptors (Lipinski definition) is 4. The third kappa shape index (κ3) is 2.84. The smallest absolute Gasteiger partial charge is 0.0966 e. The molecule has 1 aliphatic heterocycles. The van der Waals surface area contributed by atoms with Crippen molar-refractivity contribution in [3.63, 3.8) is 0 Å². The van der Waals surface area contributed by atoms with Crippen molar-refractivity contribution in [1.29, 1.82) is 0 Å². The first-order valence-corrected chi connectivity index (χ1v) is 11.0. The van der Waals surface area contributed by atoms with Gasteiger partial charge < -0.3 is 20.7 Å². The third-order valence-corrected chi connectivity index (χ3v) is 6.78. The van der Waals surface area contributed by atoms with Crippen molar-refractivity contribution in [2.45, 2.75) is 39.2 Å². The quantitative estimate of drug-likeness (QED) is 0.350. The molecule has 4 N–H and O–H groups in total. The monoisotopic (exact) mass is 410 g/mol. The van der Waals surface area contributed by atoms with Crippen LogP contribution in [-0.2, 0) is 12.8 Å². The molecule has 0 saturated carbocycles. The molecule has 5 nitrogen and oxygen atoms in total. The first-order chi connectivity index (χ1) is 15.1. The van der Waals surface area contributed by atoms with Gasteiger partial charge in [-0.05, 0) is 73.6 Å². The molecule has 3 heterocycles. The summed E-state index contributed by atoms with van der Waals surface area (Å²) in [4.78, 5) is 8.14. The number of benzene rings is 2. The Labute approximate surface area is 181 Å². The van der Waals surface area contributed by atoms with Crippen LogP contribution in [0.2, 0.25) is 0 Å². The lowest BCUT2D eigenvalue weighted by Crippen LogP contribution is -2.05. The highest BCUT2D eigenvalue weighted by molar-refractivity contribution is 5.97. The van der Waals surface area contributed by atoms with Crippen molar-refractivity contribution in [3.8, 4) is 11.3 Å². The van der Waals surface area contributed by atoms with E-state index in [-0.39, 0.29) is 0 Å². The van der Waals surface area contributed by atoms with Gasteiger partial charge in [-0.2, -0.15) is 0 Å². The normalized spacial score (nSPS) is 16.9. The number of aryl methyl sites for hydroxylation is 2. The lowest BCUT2D eigenvalue weighted by molar-refractivity contribution is 0.176. The number of pyridine rings is 1. The van der Waals surface area contributed by atoms with Crippen molar-refractivity contribution >= 4 is 28.0 Å². The third-order valence-electron chi connectivity index (χ3n) is 6.78. The molecule has 4 aromatic rings. The summed E-state index contributed by atoms with van der Waals surface area (Å²) in [7, 11) is 0. The second-order valence-corrected chi connectivity index (χ2v) is 8.77. The first kappa shape index (κ1) is 18.5. The molecule has 2 aliphatic rings. The number of aliphatic hydroxyl groups excluding tert-OH is 1. The fraction of sp³-hybridized carbons (Fsp3) is 0.269. The highest BCUT2D eigenvalue weighted by atomic mass is 16.3. The van der Waals surface area contributed by atoms with Crippen molar-refractivity contribution in [2.75, 3.05) is 17.2 Å². The van der Waals surface area contributed by atoms with Gasteiger partial charge in [0.15, 0.2) is 0 Å². The molecule has 0 radical (unpaired) electrons. The second-order valence-electron chi connectivity index (χ2n) is 8.77. The molecule has 0 bridgehead atoms. The SMILES string of the molecule is Cc1cc(Nc2ccnc3c2CCC3O)cc2c1NCCc1c-2[nH]c2c(C)cccc12. The van der Waals surface area contributed by atoms with Gasteiger partial charge in [-0.1, -0.05) is 18.2 Å². The van der Waals surface area contributed by atoms with E-state index in [9.17, 15) is 5.11 Å². The fourth-order valence-electron chi connectivity index (χ4n) is 5.26. The maximum atomic E-state index is 10.2. The van der Waals surface area contributed by atoms with E-state index in [1.165, 1.54) is 44.5 Å². The lowest BCUT2D eigenvalue weighted by atomic mass is 10.00. The van der Waals surface area contributed by atoms with Crippen molar-refractivity contribution < 1.29 is 5.11 Å². The average molecular weight is 411 g/mol. The zero-order valence-corrected chi connectivity index (χ0v) is 17.8. The summed E-state index contributed by atoms with van der Waals surface area (Å²) in [6.45, 7) is 5.25. The number of para-hydroxylation sites is 1. The van der Waals surface area contributed by atoms with Crippen LogP contribution in [0.15, 0.2) is 42.6 Å². The van der Waals surface area contributed by atoms with Crippen LogP contribution in [0.3, 0.4) is 0 Å². The van der Waals surface area contributed by atoms with E-state index >= 15 is 0 Å². The predicted octanol–water partition coefficient (Wildman–Crippen LogP) is 5.54. The number of H-pyrrole nitrogens is 1. The van der Waals surface area contributed by atoms with E-state index in [1.54, 1.807) is 6.20 Å². The van der Waals surface area contributed by atoms with E-state index in [1.807, 2.05) is 6.07 Å². The summed E-state index contributed by atoms with van der Waals surface area (Å²) in [6, 6.07) is 13.0. The van der Waals surface area contributed by atoms with Gasteiger partial charge in [0, 0.05) is 46.3 Å². The zero-order valence-electron chi connectivity index (χ0n) is 17.8. The van der Waals surface area contributed by atoms with Crippen LogP contribution in [0.25, 0.3) is 22.2 Å². The number of nitrogens with one attached hydrogen (secondary N) is 3. The molecule has 0 amide bonds. The van der Waals surface area contributed by atoms with E-state index in [4.69, 9.17) is 0 Å². The number of aromatic nitrogens is 2. The van der Waals surface area contributed by atoms with Crippen LogP contribution in [-0.4, -0.2) is 21.6 Å². The molecule has 5 heteroatoms. The van der Waals surface area contributed by atoms with E-state index in [2.05, 4.69) is 64.8 Å². The lowest BCUT2D eigenvalue weighted by Gasteiger charge is -2.17. The molecule has 156 valence electrons. The van der Waals surface area contributed by atoms with E-state index in [0.29, 0.717) is 0 Å². The molecular formula is C26H26N4O. The Morgan fingerprint density at radius 1 is 1.06 bits per heavy atom. The number of aliphatic hydroxyl groups is 1. The van der Waals surface area contributed by atoms with Gasteiger partial charge in [-0.15, -0.1) is 0 Å². The number of fused-ring (bicyclic) bond motifs is 6. The fourth-order valence-corrected chi connectivity index (χ4v) is 5.26. The summed E-state index contributed by atoms with van der Waals surface area (Å²) in [5, 5.41) is 18.8. The zero-order chi connectivity index (χ0) is 21.1. The standard InChI is InChI=1S/C26H26N4O/c1-14-4-3-5-17-18-8-10-27-23-15(2)12-16(13-20(23)25(18)30-24(14)17)29-21-9-11-28-26-19(21)6-7-22(26)31/h3-5,9,11-13,22,27,30-31H,6-8,10H2,1-2H3,(H,28,29). The summed E-state index contributed by atoms with van der Waals surface area (Å²) < 4.78 is 0. The molecule has 1 atom stereocenters. The highest BCUT2D eigenvalue weighted by Gasteiger charge is 2.25. The molecule has 0 fully saturated rings. The molecular weight excluding hydrogens is 384 g/mol. The van der Waals surface area contributed by atoms with Crippen LogP contribution in [0.5, 0.6) is 0 Å². The topological polar surface area (TPSA) is 73.0 Å². The molecule has 2 aromatic heterocycles. The van der Waals surface area contributed by atoms with Crippen LogP contribution < -0.4 is 10.6 Å². The van der Waals surface area contributed by atoms with Gasteiger partial charge in [0.25, 0.3) is 0 Å². The van der Waals surface area contributed by atoms with Gasteiger partial charge in [0.05, 0.1) is 17.5 Å². The highest BCUT2D eigenvalue weighted by Crippen LogP contribution is 2.42. The minimum absolute atomic E-state index is 0.452. The Hall–Kier alpha value is -3.31. The van der Waals surface area contributed by atoms with Crippen molar-refractivity contribution in [1.82, 2.24) is 9.97 Å². The van der Waals surface area contributed by atoms with Crippen molar-refractivity contribution in [3.05, 3.63) is 70.5 Å². The number of anilines is 3. The van der Waals surface area contributed by atoms with Gasteiger partial charge in [0.1, 0.15) is 0 Å². The van der Waals surface area contributed by atoms with Gasteiger partial charge in [-0.25, -0.2) is 0 Å². The summed E-state index contributed by atoms with van der Waals surface area (Å²) in [6.07, 6.45) is 3.92. The number of hydrogen-bond donors (Lipinski definition) is 4. The Kier molecular flexibility index (Phi) is 4.08. The Morgan fingerprint density at radius 2 is 1.97 bits per heavy atom. The summed E-state index contributed by atoms with van der Waals surface area (Å²) in [5.41, 5.74) is 12.8. The maximum Gasteiger partial charge on any atom is 0.0966 e. The Balaban J connectivity index is 1.49. The van der Waals surface area contributed by atoms with Crippen LogP contribution >= 0.6 is 0 Å². The Bertz CT molecular complexity index is 1340. The minimum Gasteiger partial charge on any atom is -0.387 e. The molecule has 6 rings (SSSR count). The predicted molar refractivity (Wildman–Crippen MR) is 126 cm³/mol. The second kappa shape index (κ2) is 6.86. The Morgan fingerprint density at radius 3 is 2.87 bits per heavy atom. The van der Waals surface area contributed by atoms with Gasteiger partial charge in [-0.3, -0.25) is 4.98 Å².